The minimum Gasteiger partial charge on any atom is -0.481 e. The summed E-state index contributed by atoms with van der Waals surface area (Å²) in [6.45, 7) is 2.55. The smallest absolute Gasteiger partial charge is 0.303 e. The van der Waals surface area contributed by atoms with Crippen LogP contribution in [0.15, 0.2) is 48.6 Å². The number of alkyl halides is 1. The van der Waals surface area contributed by atoms with E-state index in [9.17, 15) is 18.7 Å². The summed E-state index contributed by atoms with van der Waals surface area (Å²) in [6, 6.07) is 6.61. The predicted octanol–water partition coefficient (Wildman–Crippen LogP) is 5.75. The van der Waals surface area contributed by atoms with Crippen molar-refractivity contribution in [3.8, 4) is 0 Å². The largest absolute Gasteiger partial charge is 0.481 e. The molecular formula is C27H36F2O4. The monoisotopic (exact) mass is 462 g/mol. The average Bonchev–Trinajstić information content (AvgIpc) is 3.36. The summed E-state index contributed by atoms with van der Waals surface area (Å²) in [5.74, 6) is -0.896. The number of aliphatic hydroxyl groups excluding tert-OH is 1. The topological polar surface area (TPSA) is 66.8 Å². The Balaban J connectivity index is 1.76. The molecule has 0 spiro atoms. The van der Waals surface area contributed by atoms with E-state index in [0.717, 1.165) is 31.2 Å². The van der Waals surface area contributed by atoms with Gasteiger partial charge < -0.3 is 14.9 Å². The molecule has 6 heteroatoms. The number of aliphatic carboxylic acids is 1. The molecule has 6 atom stereocenters. The van der Waals surface area contributed by atoms with Gasteiger partial charge in [0, 0.05) is 17.8 Å². The van der Waals surface area contributed by atoms with Crippen molar-refractivity contribution in [1.82, 2.24) is 0 Å². The molecule has 33 heavy (non-hydrogen) atoms. The fourth-order valence-electron chi connectivity index (χ4n) is 5.37. The number of carboxylic acid groups (broad SMARTS) is 1. The van der Waals surface area contributed by atoms with E-state index < -0.39 is 18.2 Å². The van der Waals surface area contributed by atoms with E-state index in [-0.39, 0.29) is 35.6 Å². The molecule has 1 unspecified atom stereocenters. The van der Waals surface area contributed by atoms with E-state index >= 15 is 0 Å². The van der Waals surface area contributed by atoms with Crippen LogP contribution < -0.4 is 0 Å². The molecule has 1 heterocycles. The number of carboxylic acids is 1. The van der Waals surface area contributed by atoms with Gasteiger partial charge in [0.25, 0.3) is 0 Å². The highest BCUT2D eigenvalue weighted by molar-refractivity contribution is 5.66. The Morgan fingerprint density at radius 2 is 2.03 bits per heavy atom. The van der Waals surface area contributed by atoms with Crippen LogP contribution >= 0.6 is 0 Å². The van der Waals surface area contributed by atoms with Crippen molar-refractivity contribution in [3.05, 3.63) is 60.0 Å². The molecule has 4 nitrogen and oxygen atoms in total. The Labute approximate surface area is 195 Å². The Hall–Kier alpha value is -2.05. The lowest BCUT2D eigenvalue weighted by atomic mass is 9.69. The molecule has 182 valence electrons. The van der Waals surface area contributed by atoms with Crippen LogP contribution in [0.5, 0.6) is 0 Å². The Bertz CT molecular complexity index is 822. The average molecular weight is 463 g/mol. The third-order valence-corrected chi connectivity index (χ3v) is 7.20. The number of allylic oxidation sites excluding steroid dienone is 2. The maximum absolute atomic E-state index is 14.3. The van der Waals surface area contributed by atoms with Crippen LogP contribution in [-0.2, 0) is 14.9 Å². The van der Waals surface area contributed by atoms with Crippen LogP contribution in [0.3, 0.4) is 0 Å². The van der Waals surface area contributed by atoms with E-state index in [1.807, 2.05) is 31.2 Å². The molecule has 3 rings (SSSR count). The van der Waals surface area contributed by atoms with Crippen LogP contribution in [-0.4, -0.2) is 41.2 Å². The quantitative estimate of drug-likeness (QED) is 0.290. The molecule has 2 N–H and O–H groups in total. The number of halogens is 2. The molecule has 2 aliphatic rings. The minimum absolute atomic E-state index is 0.0143. The number of benzene rings is 1. The van der Waals surface area contributed by atoms with Gasteiger partial charge in [0.15, 0.2) is 0 Å². The summed E-state index contributed by atoms with van der Waals surface area (Å²) in [4.78, 5) is 10.7. The maximum atomic E-state index is 14.3. The Morgan fingerprint density at radius 3 is 2.73 bits per heavy atom. The standard InChI is InChI=1S/C27H36F2O4/c1-2-3-9-23(29)24(30)16-15-21-22(8-6-4-5-7-10-26(31)32)27(17-25(21)33-18-27)19-11-13-20(28)14-12-19/h4,6,11-16,21-25,30H,2-3,5,7-10,17-18H2,1H3,(H,31,32)/b6-4-,16-15+/t21-,22-,23?,24-,25-,27-/m0/s1. The number of hydrogen-bond donors (Lipinski definition) is 2. The fourth-order valence-corrected chi connectivity index (χ4v) is 5.37. The molecule has 1 aliphatic heterocycles. The third-order valence-electron chi connectivity index (χ3n) is 7.20. The molecule has 2 bridgehead atoms. The highest BCUT2D eigenvalue weighted by Crippen LogP contribution is 2.57. The van der Waals surface area contributed by atoms with Gasteiger partial charge in [-0.15, -0.1) is 0 Å². The van der Waals surface area contributed by atoms with E-state index in [0.29, 0.717) is 25.9 Å². The van der Waals surface area contributed by atoms with Crippen LogP contribution in [0.25, 0.3) is 0 Å². The summed E-state index contributed by atoms with van der Waals surface area (Å²) >= 11 is 0. The second-order valence-corrected chi connectivity index (χ2v) is 9.43. The summed E-state index contributed by atoms with van der Waals surface area (Å²) < 4.78 is 34.0. The van der Waals surface area contributed by atoms with Gasteiger partial charge in [0.2, 0.25) is 0 Å². The number of hydrogen-bond acceptors (Lipinski definition) is 3. The SMILES string of the molecule is CCCCC(F)[C@@H](O)/C=C/[C@@H]1[C@@H]2C[C@@](c3ccc(F)cc3)(CO2)[C@H]1C/C=C\CCCC(=O)O. The molecule has 0 aromatic heterocycles. The summed E-state index contributed by atoms with van der Waals surface area (Å²) in [7, 11) is 0. The Morgan fingerprint density at radius 1 is 1.27 bits per heavy atom. The second kappa shape index (κ2) is 11.9. The molecule has 1 aliphatic carbocycles. The van der Waals surface area contributed by atoms with Crippen LogP contribution in [0, 0.1) is 17.7 Å². The van der Waals surface area contributed by atoms with Crippen molar-refractivity contribution in [2.75, 3.05) is 6.61 Å². The molecule has 1 saturated carbocycles. The lowest BCUT2D eigenvalue weighted by molar-refractivity contribution is -0.137. The number of fused-ring (bicyclic) bond motifs is 2. The zero-order valence-electron chi connectivity index (χ0n) is 19.3. The lowest BCUT2D eigenvalue weighted by Crippen LogP contribution is -2.39. The number of unbranched alkanes of at least 4 members (excludes halogenated alkanes) is 2. The number of ether oxygens (including phenoxy) is 1. The van der Waals surface area contributed by atoms with Crippen LogP contribution in [0.4, 0.5) is 8.78 Å². The van der Waals surface area contributed by atoms with E-state index in [4.69, 9.17) is 9.84 Å². The van der Waals surface area contributed by atoms with Gasteiger partial charge in [-0.05, 0) is 55.7 Å². The van der Waals surface area contributed by atoms with Crippen molar-refractivity contribution in [2.45, 2.75) is 82.1 Å². The van der Waals surface area contributed by atoms with Gasteiger partial charge in [-0.1, -0.05) is 56.2 Å². The van der Waals surface area contributed by atoms with E-state index in [1.165, 1.54) is 12.1 Å². The van der Waals surface area contributed by atoms with Gasteiger partial charge >= 0.3 is 5.97 Å². The predicted molar refractivity (Wildman–Crippen MR) is 124 cm³/mol. The number of aliphatic hydroxyl groups is 1. The van der Waals surface area contributed by atoms with Gasteiger partial charge in [0.05, 0.1) is 12.7 Å². The van der Waals surface area contributed by atoms with Crippen LogP contribution in [0.1, 0.15) is 63.9 Å². The van der Waals surface area contributed by atoms with Crippen molar-refractivity contribution in [2.24, 2.45) is 11.8 Å². The van der Waals surface area contributed by atoms with Gasteiger partial charge in [0.1, 0.15) is 18.1 Å². The van der Waals surface area contributed by atoms with Gasteiger partial charge in [-0.3, -0.25) is 4.79 Å². The highest BCUT2D eigenvalue weighted by Gasteiger charge is 2.58. The minimum atomic E-state index is -1.28. The zero-order valence-corrected chi connectivity index (χ0v) is 19.3. The Kier molecular flexibility index (Phi) is 9.21. The highest BCUT2D eigenvalue weighted by atomic mass is 19.1. The first-order chi connectivity index (χ1) is 15.9. The first-order valence-corrected chi connectivity index (χ1v) is 12.1. The van der Waals surface area contributed by atoms with Gasteiger partial charge in [-0.2, -0.15) is 0 Å². The first kappa shape index (κ1) is 25.6. The molecule has 1 saturated heterocycles. The van der Waals surface area contributed by atoms with E-state index in [2.05, 4.69) is 6.08 Å². The molecule has 2 fully saturated rings. The van der Waals surface area contributed by atoms with Crippen molar-refractivity contribution >= 4 is 5.97 Å². The van der Waals surface area contributed by atoms with Crippen LogP contribution in [0.2, 0.25) is 0 Å². The normalized spacial score (nSPS) is 28.7. The maximum Gasteiger partial charge on any atom is 0.303 e. The first-order valence-electron chi connectivity index (χ1n) is 12.1. The summed E-state index contributed by atoms with van der Waals surface area (Å²) in [5, 5.41) is 19.1. The van der Waals surface area contributed by atoms with Crippen molar-refractivity contribution < 1.29 is 28.5 Å². The second-order valence-electron chi connectivity index (χ2n) is 9.43. The molecular weight excluding hydrogens is 426 g/mol. The number of rotatable bonds is 13. The van der Waals surface area contributed by atoms with Crippen molar-refractivity contribution in [3.63, 3.8) is 0 Å². The molecule has 1 aromatic rings. The number of carbonyl (C=O) groups is 1. The molecule has 0 radical (unpaired) electrons. The van der Waals surface area contributed by atoms with Gasteiger partial charge in [-0.25, -0.2) is 8.78 Å². The zero-order chi connectivity index (χ0) is 23.8. The lowest BCUT2D eigenvalue weighted by Gasteiger charge is -2.38. The molecule has 1 aromatic carbocycles. The van der Waals surface area contributed by atoms with Crippen molar-refractivity contribution in [1.29, 1.82) is 0 Å². The molecule has 0 amide bonds. The van der Waals surface area contributed by atoms with E-state index in [1.54, 1.807) is 6.08 Å². The summed E-state index contributed by atoms with van der Waals surface area (Å²) in [6.07, 6.45) is 10.1. The summed E-state index contributed by atoms with van der Waals surface area (Å²) in [5.41, 5.74) is 0.777. The third kappa shape index (κ3) is 6.30. The fraction of sp³-hybridized carbons (Fsp3) is 0.593.